The number of Topliss-reactive ketones (excluding diaryl/α,β-unsaturated/α-hetero) is 1. The number of carboxylic acids is 1. The number of hydrogen-bond donors (Lipinski definition) is 2. The molecule has 10 heteroatoms. The number of carbonyl (C=O) groups is 3. The minimum Gasteiger partial charge on any atom is -0.478 e. The molecule has 1 saturated heterocycles. The van der Waals surface area contributed by atoms with E-state index in [0.717, 1.165) is 45.1 Å². The van der Waals surface area contributed by atoms with Crippen LogP contribution in [0, 0.1) is 13.8 Å². The lowest BCUT2D eigenvalue weighted by Crippen LogP contribution is -2.38. The van der Waals surface area contributed by atoms with Gasteiger partial charge in [0.2, 0.25) is 0 Å². The van der Waals surface area contributed by atoms with E-state index in [1.807, 2.05) is 13.0 Å². The summed E-state index contributed by atoms with van der Waals surface area (Å²) in [5.74, 6) is -0.298. The number of nitrogen functional groups attached to an aromatic ring is 1. The Bertz CT molecular complexity index is 1140. The fourth-order valence-corrected chi connectivity index (χ4v) is 5.24. The molecule has 0 aliphatic carbocycles. The number of unbranched alkanes of at least 4 members (excludes halogenated alkanes) is 1. The number of ketones is 1. The van der Waals surface area contributed by atoms with Crippen molar-refractivity contribution in [3.63, 3.8) is 0 Å². The van der Waals surface area contributed by atoms with Gasteiger partial charge in [0.25, 0.3) is 0 Å². The molecule has 0 amide bonds. The first-order chi connectivity index (χ1) is 18.3. The first-order valence-corrected chi connectivity index (χ1v) is 14.9. The molecule has 216 valence electrons. The number of carboxylic acid groups (broad SMARTS) is 1. The van der Waals surface area contributed by atoms with Crippen molar-refractivity contribution in [3.8, 4) is 0 Å². The van der Waals surface area contributed by atoms with E-state index < -0.39 is 5.97 Å². The van der Waals surface area contributed by atoms with Gasteiger partial charge in [0, 0.05) is 45.2 Å². The Morgan fingerprint density at radius 1 is 1.05 bits per heavy atom. The molecule has 1 aliphatic heterocycles. The van der Waals surface area contributed by atoms with Crippen molar-refractivity contribution in [2.45, 2.75) is 72.3 Å². The fraction of sp³-hybridized carbons (Fsp3) is 0.483. The Labute approximate surface area is 253 Å². The van der Waals surface area contributed by atoms with Crippen LogP contribution >= 0.6 is 43.5 Å². The summed E-state index contributed by atoms with van der Waals surface area (Å²) in [5, 5.41) is 9.24. The number of nitrogens with two attached hydrogens (primary N) is 1. The Morgan fingerprint density at radius 2 is 1.67 bits per heavy atom. The molecule has 0 spiro atoms. The fourth-order valence-electron chi connectivity index (χ4n) is 4.13. The number of benzene rings is 2. The van der Waals surface area contributed by atoms with Crippen LogP contribution in [0.4, 0.5) is 11.4 Å². The molecule has 1 unspecified atom stereocenters. The molecular formula is C29H39Br2ClN2O5. The molecule has 0 radical (unpaired) electrons. The van der Waals surface area contributed by atoms with Gasteiger partial charge in [0.15, 0.2) is 0 Å². The normalized spacial score (nSPS) is 14.4. The van der Waals surface area contributed by atoms with Gasteiger partial charge in [-0.3, -0.25) is 0 Å². The highest BCUT2D eigenvalue weighted by Gasteiger charge is 2.22. The van der Waals surface area contributed by atoms with Gasteiger partial charge in [-0.1, -0.05) is 31.9 Å². The maximum absolute atomic E-state index is 11.3. The maximum Gasteiger partial charge on any atom is 0.338 e. The summed E-state index contributed by atoms with van der Waals surface area (Å²) in [5.41, 5.74) is 9.79. The summed E-state index contributed by atoms with van der Waals surface area (Å²) in [6.45, 7) is 8.51. The molecule has 2 aromatic rings. The number of ether oxygens (including phenoxy) is 1. The minimum atomic E-state index is -0.861. The van der Waals surface area contributed by atoms with Gasteiger partial charge < -0.3 is 25.3 Å². The largest absolute Gasteiger partial charge is 0.478 e. The molecule has 7 nitrogen and oxygen atoms in total. The highest BCUT2D eigenvalue weighted by Crippen LogP contribution is 2.32. The van der Waals surface area contributed by atoms with E-state index in [1.165, 1.54) is 26.4 Å². The van der Waals surface area contributed by atoms with E-state index in [0.29, 0.717) is 35.2 Å². The van der Waals surface area contributed by atoms with E-state index in [4.69, 9.17) is 17.3 Å². The van der Waals surface area contributed by atoms with Crippen molar-refractivity contribution < 1.29 is 24.2 Å². The number of nitrogens with zero attached hydrogens (tertiary/aromatic N) is 1. The SMILES string of the molecule is CC(=O)CCCCCl.COC(=O)c1cc(Br)cc(N)c1C.Cc1c(C(=O)O)cc(Br)cc1N1CCCCC1C. The Morgan fingerprint density at radius 3 is 2.21 bits per heavy atom. The van der Waals surface area contributed by atoms with Crippen LogP contribution in [0.1, 0.15) is 84.2 Å². The van der Waals surface area contributed by atoms with Gasteiger partial charge in [0.1, 0.15) is 5.78 Å². The molecule has 0 aromatic heterocycles. The van der Waals surface area contributed by atoms with Crippen molar-refractivity contribution in [2.24, 2.45) is 0 Å². The van der Waals surface area contributed by atoms with Crippen LogP contribution in [0.3, 0.4) is 0 Å². The highest BCUT2D eigenvalue weighted by atomic mass is 79.9. The second-order valence-corrected chi connectivity index (χ2v) is 11.7. The Hall–Kier alpha value is -2.10. The second-order valence-electron chi connectivity index (χ2n) is 9.45. The molecule has 1 atom stereocenters. The van der Waals surface area contributed by atoms with Crippen molar-refractivity contribution in [3.05, 3.63) is 55.5 Å². The number of piperidine rings is 1. The van der Waals surface area contributed by atoms with Crippen LogP contribution in [-0.4, -0.2) is 48.4 Å². The zero-order chi connectivity index (χ0) is 29.7. The smallest absolute Gasteiger partial charge is 0.338 e. The van der Waals surface area contributed by atoms with E-state index in [-0.39, 0.29) is 11.8 Å². The van der Waals surface area contributed by atoms with Crippen LogP contribution in [0.25, 0.3) is 0 Å². The summed E-state index contributed by atoms with van der Waals surface area (Å²) < 4.78 is 6.22. The monoisotopic (exact) mass is 688 g/mol. The molecule has 3 rings (SSSR count). The number of carbonyl (C=O) groups excluding carboxylic acids is 2. The van der Waals surface area contributed by atoms with Gasteiger partial charge in [-0.05, 0) is 95.2 Å². The summed E-state index contributed by atoms with van der Waals surface area (Å²) in [6.07, 6.45) is 6.20. The van der Waals surface area contributed by atoms with Gasteiger partial charge in [0.05, 0.1) is 18.2 Å². The molecule has 1 fully saturated rings. The predicted octanol–water partition coefficient (Wildman–Crippen LogP) is 7.95. The quantitative estimate of drug-likeness (QED) is 0.131. The van der Waals surface area contributed by atoms with E-state index >= 15 is 0 Å². The van der Waals surface area contributed by atoms with Gasteiger partial charge >= 0.3 is 11.9 Å². The molecule has 2 aromatic carbocycles. The molecule has 0 saturated carbocycles. The van der Waals surface area contributed by atoms with Gasteiger partial charge in [-0.15, -0.1) is 11.6 Å². The van der Waals surface area contributed by atoms with E-state index in [9.17, 15) is 19.5 Å². The third-order valence-corrected chi connectivity index (χ3v) is 7.60. The first-order valence-electron chi connectivity index (χ1n) is 12.8. The van der Waals surface area contributed by atoms with E-state index in [1.54, 1.807) is 32.0 Å². The van der Waals surface area contributed by atoms with Gasteiger partial charge in [-0.2, -0.15) is 0 Å². The predicted molar refractivity (Wildman–Crippen MR) is 166 cm³/mol. The maximum atomic E-state index is 11.3. The Kier molecular flexibility index (Phi) is 15.7. The summed E-state index contributed by atoms with van der Waals surface area (Å²) in [7, 11) is 1.35. The number of alkyl halides is 1. The van der Waals surface area contributed by atoms with Crippen LogP contribution in [-0.2, 0) is 9.53 Å². The van der Waals surface area contributed by atoms with E-state index in [2.05, 4.69) is 48.4 Å². The molecule has 3 N–H and O–H groups in total. The topological polar surface area (TPSA) is 110 Å². The van der Waals surface area contributed by atoms with Gasteiger partial charge in [-0.25, -0.2) is 9.59 Å². The second kappa shape index (κ2) is 17.6. The molecular weight excluding hydrogens is 652 g/mol. The number of hydrogen-bond acceptors (Lipinski definition) is 6. The van der Waals surface area contributed by atoms with Crippen molar-refractivity contribution in [2.75, 3.05) is 30.2 Å². The van der Waals surface area contributed by atoms with Crippen LogP contribution in [0.15, 0.2) is 33.2 Å². The number of methoxy groups -OCH3 is 1. The third-order valence-electron chi connectivity index (χ3n) is 6.42. The standard InChI is InChI=1S/C14H18BrNO2.C9H10BrNO2.C6H11ClO/c1-9-5-3-4-6-16(9)13-8-11(15)7-12(10(13)2)14(17)18;1-5-7(9(12)13-2)3-6(10)4-8(5)11;1-6(8)4-2-3-5-7/h7-9H,3-6H2,1-2H3,(H,17,18);3-4H,11H2,1-2H3;2-5H2,1H3. The lowest BCUT2D eigenvalue weighted by atomic mass is 9.99. The molecule has 0 bridgehead atoms. The number of rotatable bonds is 7. The van der Waals surface area contributed by atoms with Crippen LogP contribution in [0.5, 0.6) is 0 Å². The summed E-state index contributed by atoms with van der Waals surface area (Å²) in [4.78, 5) is 35.1. The zero-order valence-corrected chi connectivity index (χ0v) is 27.2. The summed E-state index contributed by atoms with van der Waals surface area (Å²) in [6, 6.07) is 7.63. The number of anilines is 2. The zero-order valence-electron chi connectivity index (χ0n) is 23.3. The molecule has 1 heterocycles. The van der Waals surface area contributed by atoms with Crippen molar-refractivity contribution >= 4 is 72.6 Å². The average Bonchev–Trinajstić information content (AvgIpc) is 2.88. The molecule has 1 aliphatic rings. The number of esters is 1. The molecule has 39 heavy (non-hydrogen) atoms. The highest BCUT2D eigenvalue weighted by molar-refractivity contribution is 9.10. The Balaban J connectivity index is 0.000000318. The van der Waals surface area contributed by atoms with Crippen LogP contribution < -0.4 is 10.6 Å². The van der Waals surface area contributed by atoms with Crippen LogP contribution in [0.2, 0.25) is 0 Å². The number of aromatic carboxylic acids is 1. The third kappa shape index (κ3) is 11.5. The first kappa shape index (κ1) is 34.9. The van der Waals surface area contributed by atoms with Crippen molar-refractivity contribution in [1.29, 1.82) is 0 Å². The summed E-state index contributed by atoms with van der Waals surface area (Å²) >= 11 is 12.0. The van der Waals surface area contributed by atoms with Crippen molar-refractivity contribution in [1.82, 2.24) is 0 Å². The average molecular weight is 691 g/mol. The lowest BCUT2D eigenvalue weighted by molar-refractivity contribution is -0.117. The number of halogens is 3. The lowest BCUT2D eigenvalue weighted by Gasteiger charge is -2.36. The minimum absolute atomic E-state index is 0.259.